The Balaban J connectivity index is 1.15. The van der Waals surface area contributed by atoms with Gasteiger partial charge in [0.1, 0.15) is 23.2 Å². The van der Waals surface area contributed by atoms with Crippen LogP contribution in [0.25, 0.3) is 22.1 Å². The molecule has 32 heavy (non-hydrogen) atoms. The summed E-state index contributed by atoms with van der Waals surface area (Å²) in [7, 11) is 1.97. The van der Waals surface area contributed by atoms with E-state index in [9.17, 15) is 4.39 Å². The number of pyridine rings is 1. The molecule has 5 heterocycles. The zero-order valence-corrected chi connectivity index (χ0v) is 18.1. The van der Waals surface area contributed by atoms with Gasteiger partial charge in [0.25, 0.3) is 6.01 Å². The molecule has 4 aromatic rings. The lowest BCUT2D eigenvalue weighted by Gasteiger charge is -2.41. The average molecular weight is 436 g/mol. The fourth-order valence-electron chi connectivity index (χ4n) is 5.11. The Morgan fingerprint density at radius 3 is 2.81 bits per heavy atom. The molecule has 0 bridgehead atoms. The number of hydrogen-bond donors (Lipinski definition) is 0. The summed E-state index contributed by atoms with van der Waals surface area (Å²) in [5, 5.41) is 0.932. The van der Waals surface area contributed by atoms with Crippen molar-refractivity contribution in [2.24, 2.45) is 7.05 Å². The Bertz CT molecular complexity index is 1230. The van der Waals surface area contributed by atoms with E-state index in [1.54, 1.807) is 6.07 Å². The van der Waals surface area contributed by atoms with Crippen LogP contribution >= 0.6 is 0 Å². The monoisotopic (exact) mass is 435 g/mol. The van der Waals surface area contributed by atoms with Gasteiger partial charge in [0, 0.05) is 38.3 Å². The van der Waals surface area contributed by atoms with E-state index in [1.165, 1.54) is 11.8 Å². The minimum absolute atomic E-state index is 0.0198. The molecule has 1 aromatic carbocycles. The number of oxazole rings is 1. The van der Waals surface area contributed by atoms with E-state index in [2.05, 4.69) is 26.0 Å². The number of aryl methyl sites for hydroxylation is 1. The Morgan fingerprint density at radius 2 is 1.97 bits per heavy atom. The predicted octanol–water partition coefficient (Wildman–Crippen LogP) is 3.90. The number of benzene rings is 1. The first-order valence-electron chi connectivity index (χ1n) is 11.2. The molecule has 0 saturated carbocycles. The maximum atomic E-state index is 13.8. The normalized spacial score (nSPS) is 21.1. The number of piperidine rings is 1. The molecule has 166 valence electrons. The van der Waals surface area contributed by atoms with Gasteiger partial charge in [0.05, 0.1) is 19.3 Å². The van der Waals surface area contributed by atoms with Gasteiger partial charge in [-0.2, -0.15) is 4.98 Å². The molecule has 2 fully saturated rings. The van der Waals surface area contributed by atoms with Crippen molar-refractivity contribution in [1.29, 1.82) is 0 Å². The molecule has 0 radical (unpaired) electrons. The highest BCUT2D eigenvalue weighted by Crippen LogP contribution is 2.35. The van der Waals surface area contributed by atoms with Gasteiger partial charge in [-0.15, -0.1) is 0 Å². The van der Waals surface area contributed by atoms with Crippen LogP contribution in [0.15, 0.2) is 47.1 Å². The number of para-hydroxylation sites is 2. The van der Waals surface area contributed by atoms with Crippen molar-refractivity contribution in [2.45, 2.75) is 25.0 Å². The molecule has 2 saturated heterocycles. The molecule has 2 aliphatic rings. The zero-order chi connectivity index (χ0) is 21.7. The van der Waals surface area contributed by atoms with Gasteiger partial charge in [0.15, 0.2) is 5.58 Å². The predicted molar refractivity (Wildman–Crippen MR) is 120 cm³/mol. The van der Waals surface area contributed by atoms with Crippen molar-refractivity contribution < 1.29 is 13.5 Å². The number of fused-ring (bicyclic) bond motifs is 2. The van der Waals surface area contributed by atoms with Crippen LogP contribution < -0.4 is 4.90 Å². The molecule has 8 heteroatoms. The van der Waals surface area contributed by atoms with Crippen LogP contribution in [0, 0.1) is 5.82 Å². The molecule has 0 spiro atoms. The highest BCUT2D eigenvalue weighted by atomic mass is 19.1. The summed E-state index contributed by atoms with van der Waals surface area (Å²) < 4.78 is 27.9. The minimum Gasteiger partial charge on any atom is -0.423 e. The lowest BCUT2D eigenvalue weighted by molar-refractivity contribution is -0.0760. The van der Waals surface area contributed by atoms with E-state index in [-0.39, 0.29) is 12.0 Å². The van der Waals surface area contributed by atoms with Gasteiger partial charge < -0.3 is 18.6 Å². The third kappa shape index (κ3) is 3.43. The third-order valence-electron chi connectivity index (χ3n) is 6.79. The van der Waals surface area contributed by atoms with Crippen molar-refractivity contribution in [3.05, 3.63) is 54.1 Å². The molecule has 0 aliphatic carbocycles. The number of rotatable bonds is 3. The van der Waals surface area contributed by atoms with Crippen LogP contribution in [-0.4, -0.2) is 58.4 Å². The molecule has 1 atom stereocenters. The van der Waals surface area contributed by atoms with Crippen LogP contribution in [-0.2, 0) is 11.8 Å². The number of anilines is 1. The Labute approximate surface area is 185 Å². The lowest BCUT2D eigenvalue weighted by atomic mass is 9.89. The Hall–Kier alpha value is -2.97. The van der Waals surface area contributed by atoms with E-state index in [4.69, 9.17) is 9.15 Å². The van der Waals surface area contributed by atoms with E-state index in [0.717, 1.165) is 61.2 Å². The fourth-order valence-corrected chi connectivity index (χ4v) is 5.11. The van der Waals surface area contributed by atoms with Gasteiger partial charge >= 0.3 is 0 Å². The van der Waals surface area contributed by atoms with E-state index in [1.807, 2.05) is 35.9 Å². The summed E-state index contributed by atoms with van der Waals surface area (Å²) in [4.78, 5) is 13.5. The molecule has 0 N–H and O–H groups in total. The average Bonchev–Trinajstić information content (AvgIpc) is 3.40. The molecule has 2 aliphatic heterocycles. The highest BCUT2D eigenvalue weighted by Gasteiger charge is 2.32. The van der Waals surface area contributed by atoms with Gasteiger partial charge in [-0.3, -0.25) is 4.90 Å². The van der Waals surface area contributed by atoms with E-state index >= 15 is 0 Å². The van der Waals surface area contributed by atoms with Crippen LogP contribution in [0.4, 0.5) is 10.4 Å². The van der Waals surface area contributed by atoms with E-state index < -0.39 is 0 Å². The second kappa shape index (κ2) is 7.86. The van der Waals surface area contributed by atoms with Crippen LogP contribution in [0.2, 0.25) is 0 Å². The second-order valence-electron chi connectivity index (χ2n) is 8.77. The lowest BCUT2D eigenvalue weighted by Crippen LogP contribution is -2.53. The summed E-state index contributed by atoms with van der Waals surface area (Å²) >= 11 is 0. The summed E-state index contributed by atoms with van der Waals surface area (Å²) in [6.07, 6.45) is 5.45. The van der Waals surface area contributed by atoms with Gasteiger partial charge in [0.2, 0.25) is 0 Å². The minimum atomic E-state index is -0.280. The molecule has 7 nitrogen and oxygen atoms in total. The number of nitrogens with zero attached hydrogens (tertiary/aromatic N) is 5. The van der Waals surface area contributed by atoms with Crippen molar-refractivity contribution in [3.8, 4) is 0 Å². The standard InChI is InChI=1S/C24H26FN5O2/c1-28-14-19(18-12-17(25)13-26-23(18)28)16-6-8-29(9-7-16)22-15-30(10-11-31-22)24-27-20-4-2-3-5-21(20)32-24/h2-5,12-14,16,22H,6-11,15H2,1H3. The Kier molecular flexibility index (Phi) is 4.84. The molecule has 0 amide bonds. The maximum absolute atomic E-state index is 13.8. The summed E-state index contributed by atoms with van der Waals surface area (Å²) in [6.45, 7) is 4.04. The maximum Gasteiger partial charge on any atom is 0.298 e. The molecule has 1 unspecified atom stereocenters. The third-order valence-corrected chi connectivity index (χ3v) is 6.79. The smallest absolute Gasteiger partial charge is 0.298 e. The molecule has 3 aromatic heterocycles. The van der Waals surface area contributed by atoms with Gasteiger partial charge in [-0.25, -0.2) is 9.37 Å². The second-order valence-corrected chi connectivity index (χ2v) is 8.77. The number of hydrogen-bond acceptors (Lipinski definition) is 6. The SMILES string of the molecule is Cn1cc(C2CCN(C3CN(c4nc5ccccc5o4)CCO3)CC2)c2cc(F)cnc21. The quantitative estimate of drug-likeness (QED) is 0.487. The van der Waals surface area contributed by atoms with Gasteiger partial charge in [-0.05, 0) is 42.5 Å². The first-order valence-corrected chi connectivity index (χ1v) is 11.2. The summed E-state index contributed by atoms with van der Waals surface area (Å²) in [5.74, 6) is 0.118. The van der Waals surface area contributed by atoms with Crippen LogP contribution in [0.5, 0.6) is 0 Å². The summed E-state index contributed by atoms with van der Waals surface area (Å²) in [6, 6.07) is 10.1. The number of halogens is 1. The van der Waals surface area contributed by atoms with Crippen molar-refractivity contribution in [3.63, 3.8) is 0 Å². The van der Waals surface area contributed by atoms with E-state index in [0.29, 0.717) is 18.5 Å². The van der Waals surface area contributed by atoms with Crippen LogP contribution in [0.3, 0.4) is 0 Å². The number of ether oxygens (including phenoxy) is 1. The summed E-state index contributed by atoms with van der Waals surface area (Å²) in [5.41, 5.74) is 3.74. The highest BCUT2D eigenvalue weighted by molar-refractivity contribution is 5.81. The number of likely N-dealkylation sites (tertiary alicyclic amines) is 1. The molecular weight excluding hydrogens is 409 g/mol. The topological polar surface area (TPSA) is 59.6 Å². The molecule has 6 rings (SSSR count). The van der Waals surface area contributed by atoms with Gasteiger partial charge in [-0.1, -0.05) is 12.1 Å². The van der Waals surface area contributed by atoms with Crippen LogP contribution in [0.1, 0.15) is 24.3 Å². The van der Waals surface area contributed by atoms with Crippen molar-refractivity contribution in [2.75, 3.05) is 37.7 Å². The Morgan fingerprint density at radius 1 is 1.12 bits per heavy atom. The van der Waals surface area contributed by atoms with Crippen molar-refractivity contribution in [1.82, 2.24) is 19.4 Å². The van der Waals surface area contributed by atoms with Crippen molar-refractivity contribution >= 4 is 28.1 Å². The zero-order valence-electron chi connectivity index (χ0n) is 18.1. The number of morpholine rings is 1. The first kappa shape index (κ1) is 19.7. The first-order chi connectivity index (χ1) is 15.7. The fraction of sp³-hybridized carbons (Fsp3) is 0.417. The molecular formula is C24H26FN5O2. The number of aromatic nitrogens is 3. The largest absolute Gasteiger partial charge is 0.423 e.